The van der Waals surface area contributed by atoms with Crippen LogP contribution in [0.5, 0.6) is 0 Å². The fourth-order valence-corrected chi connectivity index (χ4v) is 3.06. The van der Waals surface area contributed by atoms with Gasteiger partial charge in [-0.3, -0.25) is 4.79 Å². The molecule has 0 aliphatic carbocycles. The van der Waals surface area contributed by atoms with E-state index in [0.717, 1.165) is 36.4 Å². The number of carbonyl (C=O) groups is 2. The molecule has 25 heavy (non-hydrogen) atoms. The SMILES string of the molecule is O=C(O)c1cnc(C(=O)NCC2CCN(c3ccccc3Cl)C2)cn1. The van der Waals surface area contributed by atoms with E-state index in [0.29, 0.717) is 12.5 Å². The van der Waals surface area contributed by atoms with E-state index in [1.165, 1.54) is 6.20 Å². The van der Waals surface area contributed by atoms with Gasteiger partial charge in [-0.1, -0.05) is 23.7 Å². The third kappa shape index (κ3) is 4.06. The summed E-state index contributed by atoms with van der Waals surface area (Å²) in [5.41, 5.74) is 0.918. The standard InChI is InChI=1S/C17H17ClN4O3/c18-12-3-1-2-4-15(12)22-6-5-11(10-22)7-21-16(23)13-8-20-14(9-19-13)17(24)25/h1-4,8-9,11H,5-7,10H2,(H,21,23)(H,24,25). The Morgan fingerprint density at radius 1 is 1.24 bits per heavy atom. The second kappa shape index (κ2) is 7.48. The molecule has 1 aromatic heterocycles. The van der Waals surface area contributed by atoms with Gasteiger partial charge in [0.05, 0.1) is 23.1 Å². The molecule has 2 heterocycles. The lowest BCUT2D eigenvalue weighted by molar-refractivity contribution is 0.0689. The first-order valence-electron chi connectivity index (χ1n) is 7.87. The average Bonchev–Trinajstić information content (AvgIpc) is 3.09. The summed E-state index contributed by atoms with van der Waals surface area (Å²) < 4.78 is 0. The van der Waals surface area contributed by atoms with Crippen molar-refractivity contribution in [3.8, 4) is 0 Å². The summed E-state index contributed by atoms with van der Waals surface area (Å²) in [4.78, 5) is 32.6. The third-order valence-corrected chi connectivity index (χ3v) is 4.45. The number of nitrogens with one attached hydrogen (secondary N) is 1. The van der Waals surface area contributed by atoms with Gasteiger partial charge in [-0.2, -0.15) is 0 Å². The molecule has 0 saturated carbocycles. The van der Waals surface area contributed by atoms with Gasteiger partial charge in [0.15, 0.2) is 5.69 Å². The van der Waals surface area contributed by atoms with E-state index >= 15 is 0 Å². The molecule has 1 unspecified atom stereocenters. The van der Waals surface area contributed by atoms with Crippen molar-refractivity contribution in [2.45, 2.75) is 6.42 Å². The van der Waals surface area contributed by atoms with Gasteiger partial charge in [-0.25, -0.2) is 14.8 Å². The lowest BCUT2D eigenvalue weighted by Crippen LogP contribution is -2.31. The van der Waals surface area contributed by atoms with Crippen LogP contribution in [0.4, 0.5) is 5.69 Å². The molecule has 1 fully saturated rings. The number of carboxylic acid groups (broad SMARTS) is 1. The van der Waals surface area contributed by atoms with E-state index in [1.54, 1.807) is 0 Å². The Morgan fingerprint density at radius 3 is 2.64 bits per heavy atom. The number of aromatic nitrogens is 2. The highest BCUT2D eigenvalue weighted by atomic mass is 35.5. The van der Waals surface area contributed by atoms with Crippen LogP contribution in [0, 0.1) is 5.92 Å². The number of aromatic carboxylic acids is 1. The number of rotatable bonds is 5. The summed E-state index contributed by atoms with van der Waals surface area (Å²) in [5, 5.41) is 12.3. The molecule has 1 aliphatic heterocycles. The predicted molar refractivity (Wildman–Crippen MR) is 93.1 cm³/mol. The van der Waals surface area contributed by atoms with Gasteiger partial charge in [-0.15, -0.1) is 0 Å². The van der Waals surface area contributed by atoms with Crippen molar-refractivity contribution in [1.82, 2.24) is 15.3 Å². The Balaban J connectivity index is 1.53. The maximum atomic E-state index is 12.1. The normalized spacial score (nSPS) is 16.7. The first-order chi connectivity index (χ1) is 12.0. The topological polar surface area (TPSA) is 95.4 Å². The fraction of sp³-hybridized carbons (Fsp3) is 0.294. The van der Waals surface area contributed by atoms with Crippen molar-refractivity contribution in [1.29, 1.82) is 0 Å². The van der Waals surface area contributed by atoms with E-state index < -0.39 is 5.97 Å². The van der Waals surface area contributed by atoms with E-state index in [9.17, 15) is 9.59 Å². The number of carboxylic acids is 1. The largest absolute Gasteiger partial charge is 0.476 e. The Bertz CT molecular complexity index is 782. The Labute approximate surface area is 149 Å². The summed E-state index contributed by atoms with van der Waals surface area (Å²) in [6.45, 7) is 2.22. The first-order valence-corrected chi connectivity index (χ1v) is 8.25. The van der Waals surface area contributed by atoms with Gasteiger partial charge in [0.25, 0.3) is 5.91 Å². The van der Waals surface area contributed by atoms with Crippen LogP contribution < -0.4 is 10.2 Å². The van der Waals surface area contributed by atoms with Crippen LogP contribution >= 0.6 is 11.6 Å². The smallest absolute Gasteiger partial charge is 0.356 e. The molecular weight excluding hydrogens is 344 g/mol. The molecule has 1 aromatic carbocycles. The van der Waals surface area contributed by atoms with Crippen molar-refractivity contribution >= 4 is 29.2 Å². The molecule has 2 aromatic rings. The van der Waals surface area contributed by atoms with Crippen LogP contribution in [0.1, 0.15) is 27.4 Å². The highest BCUT2D eigenvalue weighted by molar-refractivity contribution is 6.33. The van der Waals surface area contributed by atoms with E-state index in [1.807, 2.05) is 24.3 Å². The van der Waals surface area contributed by atoms with Crippen LogP contribution in [-0.2, 0) is 0 Å². The van der Waals surface area contributed by atoms with Crippen molar-refractivity contribution in [2.24, 2.45) is 5.92 Å². The molecule has 130 valence electrons. The minimum Gasteiger partial charge on any atom is -0.476 e. The minimum absolute atomic E-state index is 0.103. The van der Waals surface area contributed by atoms with Crippen molar-refractivity contribution in [3.63, 3.8) is 0 Å². The quantitative estimate of drug-likeness (QED) is 0.847. The number of halogens is 1. The lowest BCUT2D eigenvalue weighted by atomic mass is 10.1. The van der Waals surface area contributed by atoms with Crippen molar-refractivity contribution in [2.75, 3.05) is 24.5 Å². The summed E-state index contributed by atoms with van der Waals surface area (Å²) >= 11 is 6.23. The van der Waals surface area contributed by atoms with Crippen LogP contribution in [-0.4, -0.2) is 46.6 Å². The minimum atomic E-state index is -1.18. The summed E-state index contributed by atoms with van der Waals surface area (Å²) in [7, 11) is 0. The molecule has 2 N–H and O–H groups in total. The highest BCUT2D eigenvalue weighted by Gasteiger charge is 2.24. The lowest BCUT2D eigenvalue weighted by Gasteiger charge is -2.20. The molecule has 0 radical (unpaired) electrons. The van der Waals surface area contributed by atoms with Crippen LogP contribution in [0.3, 0.4) is 0 Å². The summed E-state index contributed by atoms with van der Waals surface area (Å²) in [6.07, 6.45) is 3.20. The van der Waals surface area contributed by atoms with Crippen molar-refractivity contribution in [3.05, 3.63) is 53.1 Å². The van der Waals surface area contributed by atoms with Crippen LogP contribution in [0.15, 0.2) is 36.7 Å². The molecule has 0 bridgehead atoms. The van der Waals surface area contributed by atoms with E-state index in [-0.39, 0.29) is 17.3 Å². The zero-order valence-corrected chi connectivity index (χ0v) is 14.1. The van der Waals surface area contributed by atoms with Crippen molar-refractivity contribution < 1.29 is 14.7 Å². The first kappa shape index (κ1) is 17.2. The van der Waals surface area contributed by atoms with E-state index in [2.05, 4.69) is 20.2 Å². The van der Waals surface area contributed by atoms with Gasteiger partial charge in [-0.05, 0) is 24.5 Å². The van der Waals surface area contributed by atoms with E-state index in [4.69, 9.17) is 16.7 Å². The van der Waals surface area contributed by atoms with Crippen LogP contribution in [0.25, 0.3) is 0 Å². The summed E-state index contributed by atoms with van der Waals surface area (Å²) in [5.74, 6) is -1.22. The maximum Gasteiger partial charge on any atom is 0.356 e. The predicted octanol–water partition coefficient (Wildman–Crippen LogP) is 2.08. The Hall–Kier alpha value is -2.67. The molecule has 1 atom stereocenters. The average molecular weight is 361 g/mol. The molecule has 1 aliphatic rings. The molecule has 1 amide bonds. The zero-order chi connectivity index (χ0) is 17.8. The summed E-state index contributed by atoms with van der Waals surface area (Å²) in [6, 6.07) is 7.71. The van der Waals surface area contributed by atoms with Gasteiger partial charge in [0.2, 0.25) is 0 Å². The second-order valence-corrected chi connectivity index (χ2v) is 6.26. The van der Waals surface area contributed by atoms with Crippen LogP contribution in [0.2, 0.25) is 5.02 Å². The Kier molecular flexibility index (Phi) is 5.14. The number of carbonyl (C=O) groups excluding carboxylic acids is 1. The second-order valence-electron chi connectivity index (χ2n) is 5.85. The zero-order valence-electron chi connectivity index (χ0n) is 13.4. The number of para-hydroxylation sites is 1. The molecule has 3 rings (SSSR count). The number of nitrogens with zero attached hydrogens (tertiary/aromatic N) is 3. The number of hydrogen-bond donors (Lipinski definition) is 2. The van der Waals surface area contributed by atoms with Gasteiger partial charge < -0.3 is 15.3 Å². The molecule has 7 nitrogen and oxygen atoms in total. The third-order valence-electron chi connectivity index (χ3n) is 4.13. The fourth-order valence-electron chi connectivity index (χ4n) is 2.81. The highest BCUT2D eigenvalue weighted by Crippen LogP contribution is 2.29. The van der Waals surface area contributed by atoms with Gasteiger partial charge >= 0.3 is 5.97 Å². The number of amides is 1. The molecule has 8 heteroatoms. The number of hydrogen-bond acceptors (Lipinski definition) is 5. The number of benzene rings is 1. The molecule has 0 spiro atoms. The van der Waals surface area contributed by atoms with Gasteiger partial charge in [0.1, 0.15) is 5.69 Å². The monoisotopic (exact) mass is 360 g/mol. The molecule has 1 saturated heterocycles. The maximum absolute atomic E-state index is 12.1. The number of anilines is 1. The van der Waals surface area contributed by atoms with Gasteiger partial charge in [0, 0.05) is 19.6 Å². The Morgan fingerprint density at radius 2 is 1.96 bits per heavy atom. The molecular formula is C17H17ClN4O3.